The van der Waals surface area contributed by atoms with Gasteiger partial charge in [-0.05, 0) is 24.8 Å². The number of halogens is 1. The molecule has 5 heteroatoms. The van der Waals surface area contributed by atoms with Gasteiger partial charge in [-0.3, -0.25) is 4.79 Å². The normalized spacial score (nSPS) is 24.1. The van der Waals surface area contributed by atoms with Crippen molar-refractivity contribution in [3.8, 4) is 0 Å². The molecule has 1 amide bonds. The van der Waals surface area contributed by atoms with Gasteiger partial charge in [-0.2, -0.15) is 0 Å². The van der Waals surface area contributed by atoms with E-state index in [0.717, 1.165) is 18.7 Å². The highest BCUT2D eigenvalue weighted by Crippen LogP contribution is 2.38. The number of rotatable bonds is 1. The van der Waals surface area contributed by atoms with Crippen molar-refractivity contribution in [1.29, 1.82) is 0 Å². The number of nitrogens with one attached hydrogen (secondary N) is 2. The lowest BCUT2D eigenvalue weighted by Crippen LogP contribution is -2.40. The van der Waals surface area contributed by atoms with Crippen LogP contribution in [0.1, 0.15) is 12.8 Å². The summed E-state index contributed by atoms with van der Waals surface area (Å²) in [5, 5.41) is 6.51. The average molecular weight is 224 g/mol. The lowest BCUT2D eigenvalue weighted by molar-refractivity contribution is -0.117. The summed E-state index contributed by atoms with van der Waals surface area (Å²) >= 11 is 5.79. The highest BCUT2D eigenvalue weighted by atomic mass is 35.5. The van der Waals surface area contributed by atoms with Crippen LogP contribution < -0.4 is 10.6 Å². The Hall–Kier alpha value is -1.29. The fourth-order valence-corrected chi connectivity index (χ4v) is 1.99. The zero-order valence-corrected chi connectivity index (χ0v) is 8.71. The Bertz CT molecular complexity index is 431. The predicted molar refractivity (Wildman–Crippen MR) is 58.0 cm³/mol. The molecule has 0 aromatic carbocycles. The van der Waals surface area contributed by atoms with Gasteiger partial charge < -0.3 is 10.6 Å². The third-order valence-electron chi connectivity index (χ3n) is 2.78. The SMILES string of the molecule is O=C1Nc2cc(Cl)cnc2NC1C1CC1. The van der Waals surface area contributed by atoms with Gasteiger partial charge >= 0.3 is 0 Å². The van der Waals surface area contributed by atoms with E-state index < -0.39 is 0 Å². The number of fused-ring (bicyclic) bond motifs is 1. The number of pyridine rings is 1. The molecular weight excluding hydrogens is 214 g/mol. The van der Waals surface area contributed by atoms with Crippen LogP contribution in [0.2, 0.25) is 5.02 Å². The van der Waals surface area contributed by atoms with E-state index in [1.165, 1.54) is 0 Å². The third-order valence-corrected chi connectivity index (χ3v) is 2.99. The first-order chi connectivity index (χ1) is 7.24. The summed E-state index contributed by atoms with van der Waals surface area (Å²) in [6.45, 7) is 0. The van der Waals surface area contributed by atoms with E-state index in [0.29, 0.717) is 16.6 Å². The predicted octanol–water partition coefficient (Wildman–Crippen LogP) is 1.88. The number of carbonyl (C=O) groups is 1. The second-order valence-electron chi connectivity index (χ2n) is 4.00. The molecule has 0 spiro atoms. The molecule has 0 bridgehead atoms. The molecule has 1 aliphatic carbocycles. The van der Waals surface area contributed by atoms with E-state index in [2.05, 4.69) is 15.6 Å². The van der Waals surface area contributed by atoms with Crippen LogP contribution in [0.3, 0.4) is 0 Å². The molecule has 1 unspecified atom stereocenters. The first-order valence-electron chi connectivity index (χ1n) is 4.97. The van der Waals surface area contributed by atoms with Crippen LogP contribution >= 0.6 is 11.6 Å². The maximum absolute atomic E-state index is 11.7. The molecule has 15 heavy (non-hydrogen) atoms. The van der Waals surface area contributed by atoms with Gasteiger partial charge in [0.15, 0.2) is 5.82 Å². The molecule has 78 valence electrons. The minimum absolute atomic E-state index is 0.0223. The molecule has 2 aliphatic rings. The molecule has 1 saturated carbocycles. The molecule has 0 radical (unpaired) electrons. The van der Waals surface area contributed by atoms with Gasteiger partial charge in [0.1, 0.15) is 6.04 Å². The fraction of sp³-hybridized carbons (Fsp3) is 0.400. The molecule has 3 rings (SSSR count). The highest BCUT2D eigenvalue weighted by molar-refractivity contribution is 6.31. The zero-order valence-electron chi connectivity index (χ0n) is 7.96. The molecule has 1 aromatic heterocycles. The van der Waals surface area contributed by atoms with Gasteiger partial charge in [-0.25, -0.2) is 4.98 Å². The van der Waals surface area contributed by atoms with Crippen LogP contribution in [-0.4, -0.2) is 16.9 Å². The van der Waals surface area contributed by atoms with E-state index in [-0.39, 0.29) is 11.9 Å². The minimum Gasteiger partial charge on any atom is -0.356 e. The van der Waals surface area contributed by atoms with Crippen molar-refractivity contribution in [2.45, 2.75) is 18.9 Å². The Morgan fingerprint density at radius 1 is 1.47 bits per heavy atom. The van der Waals surface area contributed by atoms with E-state index in [1.54, 1.807) is 12.3 Å². The number of hydrogen-bond donors (Lipinski definition) is 2. The summed E-state index contributed by atoms with van der Waals surface area (Å²) in [6.07, 6.45) is 3.82. The molecule has 4 nitrogen and oxygen atoms in total. The number of amides is 1. The quantitative estimate of drug-likeness (QED) is 0.764. The smallest absolute Gasteiger partial charge is 0.247 e. The van der Waals surface area contributed by atoms with Crippen molar-refractivity contribution < 1.29 is 4.79 Å². The Morgan fingerprint density at radius 2 is 2.27 bits per heavy atom. The number of nitrogens with zero attached hydrogens (tertiary/aromatic N) is 1. The standard InChI is InChI=1S/C10H10ClN3O/c11-6-3-7-9(12-4-6)14-8(5-1-2-5)10(15)13-7/h3-5,8H,1-2H2,(H,12,14)(H,13,15). The largest absolute Gasteiger partial charge is 0.356 e. The summed E-state index contributed by atoms with van der Waals surface area (Å²) in [6, 6.07) is 1.59. The maximum atomic E-state index is 11.7. The Balaban J connectivity index is 1.94. The van der Waals surface area contributed by atoms with Crippen molar-refractivity contribution in [1.82, 2.24) is 4.98 Å². The van der Waals surface area contributed by atoms with E-state index in [9.17, 15) is 4.79 Å². The second-order valence-corrected chi connectivity index (χ2v) is 4.43. The molecule has 1 aromatic rings. The van der Waals surface area contributed by atoms with Crippen LogP contribution in [0.15, 0.2) is 12.3 Å². The molecular formula is C10H10ClN3O. The Morgan fingerprint density at radius 3 is 3.00 bits per heavy atom. The second kappa shape index (κ2) is 3.10. The van der Waals surface area contributed by atoms with Crippen molar-refractivity contribution >= 4 is 29.0 Å². The van der Waals surface area contributed by atoms with Crippen LogP contribution in [-0.2, 0) is 4.79 Å². The number of hydrogen-bond acceptors (Lipinski definition) is 3. The van der Waals surface area contributed by atoms with Gasteiger partial charge in [0.05, 0.1) is 10.7 Å². The summed E-state index contributed by atoms with van der Waals surface area (Å²) in [4.78, 5) is 15.9. The third kappa shape index (κ3) is 1.55. The number of aromatic nitrogens is 1. The highest BCUT2D eigenvalue weighted by Gasteiger charge is 2.39. The molecule has 2 heterocycles. The van der Waals surface area contributed by atoms with Crippen molar-refractivity contribution in [2.24, 2.45) is 5.92 Å². The van der Waals surface area contributed by atoms with E-state index in [4.69, 9.17) is 11.6 Å². The Labute approximate surface area is 92.0 Å². The van der Waals surface area contributed by atoms with Crippen molar-refractivity contribution in [3.63, 3.8) is 0 Å². The van der Waals surface area contributed by atoms with Gasteiger partial charge in [-0.15, -0.1) is 0 Å². The van der Waals surface area contributed by atoms with Gasteiger partial charge in [0.2, 0.25) is 5.91 Å². The summed E-state index contributed by atoms with van der Waals surface area (Å²) in [5.74, 6) is 1.21. The topological polar surface area (TPSA) is 54.0 Å². The molecule has 1 fully saturated rings. The lowest BCUT2D eigenvalue weighted by atomic mass is 10.1. The van der Waals surface area contributed by atoms with Crippen LogP contribution in [0.25, 0.3) is 0 Å². The van der Waals surface area contributed by atoms with E-state index in [1.807, 2.05) is 0 Å². The van der Waals surface area contributed by atoms with Gasteiger partial charge in [-0.1, -0.05) is 11.6 Å². The monoisotopic (exact) mass is 223 g/mol. The lowest BCUT2D eigenvalue weighted by Gasteiger charge is -2.25. The van der Waals surface area contributed by atoms with Gasteiger partial charge in [0, 0.05) is 6.20 Å². The van der Waals surface area contributed by atoms with Crippen LogP contribution in [0.4, 0.5) is 11.5 Å². The average Bonchev–Trinajstić information content (AvgIpc) is 3.00. The first-order valence-corrected chi connectivity index (χ1v) is 5.35. The molecule has 1 aliphatic heterocycles. The minimum atomic E-state index is -0.119. The molecule has 0 saturated heterocycles. The number of anilines is 2. The summed E-state index contributed by atoms with van der Waals surface area (Å²) < 4.78 is 0. The summed E-state index contributed by atoms with van der Waals surface area (Å²) in [5.41, 5.74) is 0.671. The van der Waals surface area contributed by atoms with Crippen LogP contribution in [0.5, 0.6) is 0 Å². The first kappa shape index (κ1) is 8.97. The van der Waals surface area contributed by atoms with Crippen molar-refractivity contribution in [2.75, 3.05) is 10.6 Å². The molecule has 1 atom stereocenters. The van der Waals surface area contributed by atoms with Crippen molar-refractivity contribution in [3.05, 3.63) is 17.3 Å². The number of carbonyl (C=O) groups excluding carboxylic acids is 1. The Kier molecular flexibility index (Phi) is 1.85. The van der Waals surface area contributed by atoms with Gasteiger partial charge in [0.25, 0.3) is 0 Å². The van der Waals surface area contributed by atoms with E-state index >= 15 is 0 Å². The maximum Gasteiger partial charge on any atom is 0.247 e. The van der Waals surface area contributed by atoms with Crippen LogP contribution in [0, 0.1) is 5.92 Å². The zero-order chi connectivity index (χ0) is 10.4. The molecule has 2 N–H and O–H groups in total. The fourth-order valence-electron chi connectivity index (χ4n) is 1.83. The summed E-state index contributed by atoms with van der Waals surface area (Å²) in [7, 11) is 0.